The highest BCUT2D eigenvalue weighted by molar-refractivity contribution is 5.74. The van der Waals surface area contributed by atoms with Gasteiger partial charge in [0.1, 0.15) is 5.82 Å². The summed E-state index contributed by atoms with van der Waals surface area (Å²) in [4.78, 5) is 16.6. The number of urea groups is 1. The highest BCUT2D eigenvalue weighted by atomic mass is 19.1. The van der Waals surface area contributed by atoms with Crippen molar-refractivity contribution in [1.82, 2.24) is 15.1 Å². The van der Waals surface area contributed by atoms with Gasteiger partial charge in [-0.3, -0.25) is 4.90 Å². The van der Waals surface area contributed by atoms with Gasteiger partial charge in [0.25, 0.3) is 0 Å². The van der Waals surface area contributed by atoms with Crippen molar-refractivity contribution in [2.24, 2.45) is 0 Å². The maximum absolute atomic E-state index is 13.3. The Labute approximate surface area is 161 Å². The van der Waals surface area contributed by atoms with Crippen molar-refractivity contribution in [1.29, 1.82) is 0 Å². The Morgan fingerprint density at radius 3 is 2.93 bits per heavy atom. The van der Waals surface area contributed by atoms with Crippen LogP contribution in [0.3, 0.4) is 0 Å². The molecular formula is C21H32FN3O2. The second-order valence-corrected chi connectivity index (χ2v) is 7.61. The third kappa shape index (κ3) is 6.78. The topological polar surface area (TPSA) is 44.8 Å². The molecule has 1 aromatic carbocycles. The fourth-order valence-corrected chi connectivity index (χ4v) is 3.90. The first kappa shape index (κ1) is 20.1. The highest BCUT2D eigenvalue weighted by Crippen LogP contribution is 2.17. The molecule has 2 aliphatic rings. The van der Waals surface area contributed by atoms with Gasteiger partial charge in [0, 0.05) is 45.9 Å². The van der Waals surface area contributed by atoms with Crippen LogP contribution >= 0.6 is 0 Å². The van der Waals surface area contributed by atoms with Crippen molar-refractivity contribution >= 4 is 6.03 Å². The summed E-state index contributed by atoms with van der Waals surface area (Å²) in [5, 5.41) is 3.06. The van der Waals surface area contributed by atoms with E-state index in [2.05, 4.69) is 10.2 Å². The molecule has 0 spiro atoms. The molecule has 1 atom stereocenters. The van der Waals surface area contributed by atoms with E-state index < -0.39 is 0 Å². The zero-order valence-electron chi connectivity index (χ0n) is 16.2. The van der Waals surface area contributed by atoms with Crippen LogP contribution in [0.2, 0.25) is 0 Å². The summed E-state index contributed by atoms with van der Waals surface area (Å²) < 4.78 is 19.0. The Kier molecular flexibility index (Phi) is 7.90. The number of amides is 2. The lowest BCUT2D eigenvalue weighted by Gasteiger charge is -2.22. The quantitative estimate of drug-likeness (QED) is 0.741. The van der Waals surface area contributed by atoms with Gasteiger partial charge >= 0.3 is 6.03 Å². The van der Waals surface area contributed by atoms with Gasteiger partial charge in [0.2, 0.25) is 0 Å². The van der Waals surface area contributed by atoms with Crippen LogP contribution in [-0.2, 0) is 11.3 Å². The minimum absolute atomic E-state index is 0.0414. The van der Waals surface area contributed by atoms with Crippen molar-refractivity contribution in [2.75, 3.05) is 39.3 Å². The molecule has 0 bridgehead atoms. The number of nitrogens with one attached hydrogen (secondary N) is 1. The fourth-order valence-electron chi connectivity index (χ4n) is 3.90. The minimum atomic E-state index is -0.192. The van der Waals surface area contributed by atoms with E-state index >= 15 is 0 Å². The van der Waals surface area contributed by atoms with Crippen molar-refractivity contribution in [3.63, 3.8) is 0 Å². The van der Waals surface area contributed by atoms with Crippen molar-refractivity contribution in [3.05, 3.63) is 35.6 Å². The molecule has 0 saturated carbocycles. The molecule has 27 heavy (non-hydrogen) atoms. The van der Waals surface area contributed by atoms with E-state index in [0.717, 1.165) is 77.1 Å². The van der Waals surface area contributed by atoms with Crippen molar-refractivity contribution in [2.45, 2.75) is 51.2 Å². The van der Waals surface area contributed by atoms with E-state index in [9.17, 15) is 9.18 Å². The van der Waals surface area contributed by atoms with Gasteiger partial charge in [-0.15, -0.1) is 0 Å². The van der Waals surface area contributed by atoms with Crippen LogP contribution in [-0.4, -0.2) is 61.3 Å². The summed E-state index contributed by atoms with van der Waals surface area (Å²) in [7, 11) is 0. The van der Waals surface area contributed by atoms with Gasteiger partial charge in [-0.2, -0.15) is 0 Å². The molecule has 1 N–H and O–H groups in total. The third-order valence-corrected chi connectivity index (χ3v) is 5.42. The van der Waals surface area contributed by atoms with Gasteiger partial charge < -0.3 is 15.0 Å². The Morgan fingerprint density at radius 2 is 2.11 bits per heavy atom. The molecular weight excluding hydrogens is 345 g/mol. The van der Waals surface area contributed by atoms with Crippen LogP contribution in [0.5, 0.6) is 0 Å². The first-order valence-corrected chi connectivity index (χ1v) is 10.3. The maximum atomic E-state index is 13.3. The van der Waals surface area contributed by atoms with Crippen LogP contribution < -0.4 is 5.32 Å². The molecule has 3 rings (SSSR count). The number of rotatable bonds is 7. The fraction of sp³-hybridized carbons (Fsp3) is 0.667. The lowest BCUT2D eigenvalue weighted by Crippen LogP contribution is -2.42. The average Bonchev–Trinajstić information content (AvgIpc) is 3.06. The normalized spacial score (nSPS) is 21.2. The number of carbonyl (C=O) groups is 1. The van der Waals surface area contributed by atoms with Gasteiger partial charge in [0.05, 0.1) is 6.10 Å². The van der Waals surface area contributed by atoms with Gasteiger partial charge in [-0.05, 0) is 56.2 Å². The predicted octanol–water partition coefficient (Wildman–Crippen LogP) is 3.39. The molecule has 0 unspecified atom stereocenters. The Morgan fingerprint density at radius 1 is 1.19 bits per heavy atom. The lowest BCUT2D eigenvalue weighted by molar-refractivity contribution is 0.102. The van der Waals surface area contributed by atoms with E-state index in [0.29, 0.717) is 6.10 Å². The summed E-state index contributed by atoms with van der Waals surface area (Å²) in [6.07, 6.45) is 6.97. The zero-order chi connectivity index (χ0) is 18.9. The molecule has 0 aliphatic carbocycles. The number of halogens is 1. The smallest absolute Gasteiger partial charge is 0.317 e. The van der Waals surface area contributed by atoms with Gasteiger partial charge in [-0.1, -0.05) is 12.1 Å². The number of hydrogen-bond acceptors (Lipinski definition) is 3. The maximum Gasteiger partial charge on any atom is 0.317 e. The summed E-state index contributed by atoms with van der Waals surface area (Å²) in [5.41, 5.74) is 0.985. The predicted molar refractivity (Wildman–Crippen MR) is 104 cm³/mol. The molecule has 0 radical (unpaired) electrons. The first-order chi connectivity index (χ1) is 13.2. The van der Waals surface area contributed by atoms with Crippen molar-refractivity contribution in [3.8, 4) is 0 Å². The number of benzene rings is 1. The van der Waals surface area contributed by atoms with Crippen LogP contribution in [0.1, 0.15) is 44.1 Å². The monoisotopic (exact) mass is 377 g/mol. The lowest BCUT2D eigenvalue weighted by atomic mass is 10.1. The molecule has 2 amide bonds. The van der Waals surface area contributed by atoms with E-state index in [1.165, 1.54) is 18.9 Å². The summed E-state index contributed by atoms with van der Waals surface area (Å²) in [5.74, 6) is -0.192. The second kappa shape index (κ2) is 10.6. The third-order valence-electron chi connectivity index (χ3n) is 5.42. The second-order valence-electron chi connectivity index (χ2n) is 7.61. The zero-order valence-corrected chi connectivity index (χ0v) is 16.2. The van der Waals surface area contributed by atoms with E-state index in [1.54, 1.807) is 12.1 Å². The average molecular weight is 378 g/mol. The van der Waals surface area contributed by atoms with E-state index in [4.69, 9.17) is 4.74 Å². The molecule has 2 fully saturated rings. The molecule has 0 aromatic heterocycles. The largest absolute Gasteiger partial charge is 0.378 e. The van der Waals surface area contributed by atoms with E-state index in [-0.39, 0.29) is 11.8 Å². The number of unbranched alkanes of at least 4 members (excludes halogenated alkanes) is 1. The molecule has 2 heterocycles. The number of ether oxygens (including phenoxy) is 1. The van der Waals surface area contributed by atoms with Gasteiger partial charge in [-0.25, -0.2) is 9.18 Å². The molecule has 1 aromatic rings. The van der Waals surface area contributed by atoms with Crippen LogP contribution in [0.15, 0.2) is 24.3 Å². The summed E-state index contributed by atoms with van der Waals surface area (Å²) >= 11 is 0. The SMILES string of the molecule is O=C(NCCCC[C@H]1CCCO1)N1CCCN(Cc2cccc(F)c2)CC1. The first-order valence-electron chi connectivity index (χ1n) is 10.3. The Balaban J connectivity index is 1.32. The molecule has 6 heteroatoms. The summed E-state index contributed by atoms with van der Waals surface area (Å²) in [6.45, 7) is 5.63. The Hall–Kier alpha value is -1.66. The van der Waals surface area contributed by atoms with E-state index in [1.807, 2.05) is 11.0 Å². The van der Waals surface area contributed by atoms with Crippen LogP contribution in [0, 0.1) is 5.82 Å². The van der Waals surface area contributed by atoms with Crippen LogP contribution in [0.25, 0.3) is 0 Å². The number of carbonyl (C=O) groups excluding carboxylic acids is 1. The number of hydrogen-bond donors (Lipinski definition) is 1. The molecule has 2 aliphatic heterocycles. The van der Waals surface area contributed by atoms with Crippen molar-refractivity contribution < 1.29 is 13.9 Å². The van der Waals surface area contributed by atoms with Crippen LogP contribution in [0.4, 0.5) is 9.18 Å². The summed E-state index contributed by atoms with van der Waals surface area (Å²) in [6, 6.07) is 6.81. The molecule has 2 saturated heterocycles. The standard InChI is InChI=1S/C21H32FN3O2/c22-19-7-3-6-18(16-19)17-24-11-5-12-25(14-13-24)21(26)23-10-2-1-8-20-9-4-15-27-20/h3,6-7,16,20H,1-2,4-5,8-15,17H2,(H,23,26)/t20-/m0/s1. The molecule has 150 valence electrons. The van der Waals surface area contributed by atoms with Gasteiger partial charge in [0.15, 0.2) is 0 Å². The molecule has 5 nitrogen and oxygen atoms in total. The minimum Gasteiger partial charge on any atom is -0.378 e. The Bertz CT molecular complexity index is 593. The highest BCUT2D eigenvalue weighted by Gasteiger charge is 2.19. The number of nitrogens with zero attached hydrogens (tertiary/aromatic N) is 2.